The fraction of sp³-hybridized carbons (Fsp3) is 0.875. The molecular weight excluding hydrogens is 176 g/mol. The molecule has 3 nitrogen and oxygen atoms in total. The number of carboxylic acid groups (broad SMARTS) is 1. The third-order valence-electron chi connectivity index (χ3n) is 1.42. The van der Waals surface area contributed by atoms with E-state index in [0.29, 0.717) is 0 Å². The van der Waals surface area contributed by atoms with Gasteiger partial charge in [-0.25, -0.2) is 0 Å². The minimum absolute atomic E-state index is 0.182. The number of thioether (sulfide) groups is 1. The van der Waals surface area contributed by atoms with Gasteiger partial charge in [-0.3, -0.25) is 4.79 Å². The zero-order chi connectivity index (χ0) is 9.40. The Morgan fingerprint density at radius 1 is 1.50 bits per heavy atom. The second-order valence-corrected chi connectivity index (χ2v) is 4.26. The summed E-state index contributed by atoms with van der Waals surface area (Å²) >= 11 is 1.65. The van der Waals surface area contributed by atoms with Crippen molar-refractivity contribution in [3.05, 3.63) is 0 Å². The quantitative estimate of drug-likeness (QED) is 0.598. The first-order valence-corrected chi connectivity index (χ1v) is 5.16. The average molecular weight is 192 g/mol. The number of aliphatic hydroxyl groups is 1. The van der Waals surface area contributed by atoms with Crippen molar-refractivity contribution in [3.63, 3.8) is 0 Å². The summed E-state index contributed by atoms with van der Waals surface area (Å²) in [5, 5.41) is 17.1. The van der Waals surface area contributed by atoms with Crippen molar-refractivity contribution in [2.45, 2.75) is 31.4 Å². The van der Waals surface area contributed by atoms with Gasteiger partial charge in [0.15, 0.2) is 0 Å². The molecule has 0 aliphatic carbocycles. The number of hydrogen-bond acceptors (Lipinski definition) is 3. The lowest BCUT2D eigenvalue weighted by atomic mass is 10.3. The molecule has 0 amide bonds. The van der Waals surface area contributed by atoms with Crippen LogP contribution in [0.5, 0.6) is 0 Å². The van der Waals surface area contributed by atoms with E-state index in [1.54, 1.807) is 11.8 Å². The van der Waals surface area contributed by atoms with E-state index in [1.165, 1.54) is 0 Å². The van der Waals surface area contributed by atoms with E-state index in [4.69, 9.17) is 10.2 Å². The number of unbranched alkanes of at least 4 members (excludes halogenated alkanes) is 1. The maximum Gasteiger partial charge on any atom is 0.304 e. The number of aliphatic hydroxyl groups excluding tert-OH is 1. The number of carbonyl (C=O) groups is 1. The monoisotopic (exact) mass is 192 g/mol. The van der Waals surface area contributed by atoms with Crippen LogP contribution in [0.3, 0.4) is 0 Å². The van der Waals surface area contributed by atoms with E-state index in [-0.39, 0.29) is 18.3 Å². The molecule has 0 fully saturated rings. The van der Waals surface area contributed by atoms with Crippen LogP contribution in [0.2, 0.25) is 0 Å². The lowest BCUT2D eigenvalue weighted by Crippen LogP contribution is -2.06. The van der Waals surface area contributed by atoms with E-state index in [9.17, 15) is 4.79 Å². The fourth-order valence-corrected chi connectivity index (χ4v) is 1.84. The van der Waals surface area contributed by atoms with Crippen molar-refractivity contribution in [1.82, 2.24) is 0 Å². The van der Waals surface area contributed by atoms with Gasteiger partial charge < -0.3 is 10.2 Å². The second kappa shape index (κ2) is 7.43. The van der Waals surface area contributed by atoms with Gasteiger partial charge >= 0.3 is 5.97 Å². The van der Waals surface area contributed by atoms with Crippen molar-refractivity contribution >= 4 is 17.7 Å². The van der Waals surface area contributed by atoms with Crippen molar-refractivity contribution in [3.8, 4) is 0 Å². The van der Waals surface area contributed by atoms with Gasteiger partial charge in [0, 0.05) is 11.9 Å². The molecule has 0 aromatic heterocycles. The highest BCUT2D eigenvalue weighted by molar-refractivity contribution is 7.99. The SMILES string of the molecule is CC(CC(=O)O)SCCCCO. The second-order valence-electron chi connectivity index (χ2n) is 2.71. The van der Waals surface area contributed by atoms with E-state index in [2.05, 4.69) is 0 Å². The molecule has 0 aromatic carbocycles. The fourth-order valence-electron chi connectivity index (χ4n) is 0.803. The summed E-state index contributed by atoms with van der Waals surface area (Å²) in [5.41, 5.74) is 0. The lowest BCUT2D eigenvalue weighted by Gasteiger charge is -2.06. The Morgan fingerprint density at radius 3 is 2.67 bits per heavy atom. The molecule has 72 valence electrons. The highest BCUT2D eigenvalue weighted by atomic mass is 32.2. The van der Waals surface area contributed by atoms with Crippen LogP contribution in [0.15, 0.2) is 0 Å². The zero-order valence-electron chi connectivity index (χ0n) is 7.32. The summed E-state index contributed by atoms with van der Waals surface area (Å²) in [6.07, 6.45) is 2.00. The third kappa shape index (κ3) is 7.88. The molecule has 0 spiro atoms. The summed E-state index contributed by atoms with van der Waals surface area (Å²) in [6, 6.07) is 0. The highest BCUT2D eigenvalue weighted by Crippen LogP contribution is 2.15. The molecular formula is C8H16O3S. The van der Waals surface area contributed by atoms with Gasteiger partial charge in [-0.2, -0.15) is 11.8 Å². The molecule has 0 aliphatic heterocycles. The molecule has 4 heteroatoms. The predicted molar refractivity (Wildman–Crippen MR) is 50.5 cm³/mol. The zero-order valence-corrected chi connectivity index (χ0v) is 8.14. The van der Waals surface area contributed by atoms with E-state index < -0.39 is 5.97 Å². The normalized spacial score (nSPS) is 12.8. The summed E-state index contributed by atoms with van der Waals surface area (Å²) in [6.45, 7) is 2.14. The largest absolute Gasteiger partial charge is 0.481 e. The first kappa shape index (κ1) is 11.8. The highest BCUT2D eigenvalue weighted by Gasteiger charge is 2.06. The lowest BCUT2D eigenvalue weighted by molar-refractivity contribution is -0.136. The summed E-state index contributed by atoms with van der Waals surface area (Å²) in [7, 11) is 0. The van der Waals surface area contributed by atoms with Gasteiger partial charge in [0.05, 0.1) is 6.42 Å². The molecule has 0 saturated heterocycles. The van der Waals surface area contributed by atoms with Crippen LogP contribution >= 0.6 is 11.8 Å². The van der Waals surface area contributed by atoms with Crippen LogP contribution < -0.4 is 0 Å². The van der Waals surface area contributed by atoms with Gasteiger partial charge in [0.1, 0.15) is 0 Å². The average Bonchev–Trinajstić information content (AvgIpc) is 1.97. The van der Waals surface area contributed by atoms with Gasteiger partial charge in [0.2, 0.25) is 0 Å². The third-order valence-corrected chi connectivity index (χ3v) is 2.68. The Hall–Kier alpha value is -0.220. The van der Waals surface area contributed by atoms with Gasteiger partial charge in [-0.1, -0.05) is 6.92 Å². The molecule has 1 unspecified atom stereocenters. The van der Waals surface area contributed by atoms with Gasteiger partial charge in [-0.05, 0) is 18.6 Å². The number of hydrogen-bond donors (Lipinski definition) is 2. The number of rotatable bonds is 7. The van der Waals surface area contributed by atoms with Crippen LogP contribution in [0.25, 0.3) is 0 Å². The summed E-state index contributed by atoms with van der Waals surface area (Å²) < 4.78 is 0. The molecule has 0 aromatic rings. The molecule has 2 N–H and O–H groups in total. The van der Waals surface area contributed by atoms with Crippen LogP contribution in [0, 0.1) is 0 Å². The minimum Gasteiger partial charge on any atom is -0.481 e. The topological polar surface area (TPSA) is 57.5 Å². The maximum atomic E-state index is 10.2. The standard InChI is InChI=1S/C8H16O3S/c1-7(6-8(10)11)12-5-3-2-4-9/h7,9H,2-6H2,1H3,(H,10,11). The van der Waals surface area contributed by atoms with Crippen molar-refractivity contribution in [2.75, 3.05) is 12.4 Å². The van der Waals surface area contributed by atoms with Crippen LogP contribution in [0.4, 0.5) is 0 Å². The van der Waals surface area contributed by atoms with Crippen LogP contribution in [-0.2, 0) is 4.79 Å². The van der Waals surface area contributed by atoms with Crippen molar-refractivity contribution in [2.24, 2.45) is 0 Å². The first-order chi connectivity index (χ1) is 5.66. The number of carboxylic acids is 1. The Kier molecular flexibility index (Phi) is 7.29. The minimum atomic E-state index is -0.739. The van der Waals surface area contributed by atoms with Gasteiger partial charge in [0.25, 0.3) is 0 Å². The predicted octanol–water partition coefficient (Wildman–Crippen LogP) is 1.36. The Bertz CT molecular complexity index is 127. The van der Waals surface area contributed by atoms with E-state index >= 15 is 0 Å². The molecule has 0 aliphatic rings. The summed E-state index contributed by atoms with van der Waals surface area (Å²) in [5.74, 6) is 0.201. The Balaban J connectivity index is 3.19. The molecule has 0 rings (SSSR count). The maximum absolute atomic E-state index is 10.2. The van der Waals surface area contributed by atoms with Crippen molar-refractivity contribution in [1.29, 1.82) is 0 Å². The van der Waals surface area contributed by atoms with Crippen LogP contribution in [0.1, 0.15) is 26.2 Å². The molecule has 1 atom stereocenters. The summed E-state index contributed by atoms with van der Waals surface area (Å²) in [4.78, 5) is 10.2. The van der Waals surface area contributed by atoms with Crippen molar-refractivity contribution < 1.29 is 15.0 Å². The van der Waals surface area contributed by atoms with E-state index in [0.717, 1.165) is 18.6 Å². The van der Waals surface area contributed by atoms with E-state index in [1.807, 2.05) is 6.92 Å². The molecule has 12 heavy (non-hydrogen) atoms. The first-order valence-electron chi connectivity index (χ1n) is 4.11. The molecule has 0 bridgehead atoms. The Labute approximate surface area is 77.2 Å². The molecule has 0 heterocycles. The van der Waals surface area contributed by atoms with Gasteiger partial charge in [-0.15, -0.1) is 0 Å². The molecule has 0 radical (unpaired) electrons. The smallest absolute Gasteiger partial charge is 0.304 e. The Morgan fingerprint density at radius 2 is 2.17 bits per heavy atom. The number of aliphatic carboxylic acids is 1. The van der Waals surface area contributed by atoms with Crippen LogP contribution in [-0.4, -0.2) is 33.8 Å². The molecule has 0 saturated carbocycles.